The third kappa shape index (κ3) is 25.4. The van der Waals surface area contributed by atoms with Crippen molar-refractivity contribution >= 4 is 22.1 Å². The molecule has 1 saturated heterocycles. The summed E-state index contributed by atoms with van der Waals surface area (Å²) in [5.41, 5.74) is 0. The van der Waals surface area contributed by atoms with E-state index >= 15 is 0 Å². The van der Waals surface area contributed by atoms with Crippen LogP contribution in [0.2, 0.25) is 0 Å². The van der Waals surface area contributed by atoms with E-state index in [1.807, 2.05) is 6.08 Å². The number of rotatable bonds is 34. The number of esters is 2. The quantitative estimate of drug-likeness (QED) is 0.0226. The number of unbranched alkanes of at least 4 members (excludes halogenated alkanes) is 21. The second-order valence-corrected chi connectivity index (χ2v) is 15.9. The first-order valence-electron chi connectivity index (χ1n) is 20.2. The first kappa shape index (κ1) is 48.4. The van der Waals surface area contributed by atoms with Crippen LogP contribution in [0.1, 0.15) is 167 Å². The summed E-state index contributed by atoms with van der Waals surface area (Å²) >= 11 is 0. The van der Waals surface area contributed by atoms with Crippen molar-refractivity contribution in [2.24, 2.45) is 0 Å². The van der Waals surface area contributed by atoms with Crippen LogP contribution in [0.3, 0.4) is 0 Å². The van der Waals surface area contributed by atoms with Crippen molar-refractivity contribution in [1.29, 1.82) is 0 Å². The van der Waals surface area contributed by atoms with Crippen molar-refractivity contribution in [2.75, 3.05) is 19.0 Å². The number of allylic oxidation sites excluding steroid dienone is 1. The smallest absolute Gasteiger partial charge is 0.306 e. The summed E-state index contributed by atoms with van der Waals surface area (Å²) in [5.74, 6) is -1.98. The van der Waals surface area contributed by atoms with Gasteiger partial charge in [0, 0.05) is 12.8 Å². The Morgan fingerprint density at radius 1 is 0.673 bits per heavy atom. The Kier molecular flexibility index (Phi) is 28.6. The van der Waals surface area contributed by atoms with Gasteiger partial charge in [-0.15, -0.1) is 6.58 Å². The number of hydrogen-bond donors (Lipinski definition) is 4. The fraction of sp³-hybridized carbons (Fsp3) is 0.897. The fourth-order valence-electron chi connectivity index (χ4n) is 6.30. The van der Waals surface area contributed by atoms with Gasteiger partial charge in [-0.05, 0) is 25.7 Å². The molecule has 0 radical (unpaired) electrons. The number of aliphatic hydroxyl groups excluding tert-OH is 3. The van der Waals surface area contributed by atoms with E-state index in [4.69, 9.17) is 18.9 Å². The van der Waals surface area contributed by atoms with Crippen LogP contribution in [0.15, 0.2) is 12.7 Å². The number of hydrogen-bond acceptors (Lipinski definition) is 11. The fourth-order valence-corrected chi connectivity index (χ4v) is 6.99. The number of carbonyl (C=O) groups is 2. The lowest BCUT2D eigenvalue weighted by Gasteiger charge is -2.40. The lowest BCUT2D eigenvalue weighted by atomic mass is 10.00. The van der Waals surface area contributed by atoms with Crippen LogP contribution in [-0.4, -0.2) is 96.0 Å². The SMILES string of the molecule is C=CCCCCCCCCCCCCCCCC(=O)O[C@H](COC(=O)CCCCCCCCCCC)CO[C@H]1O[C@H](CS(=O)(=O)O)[C@@H](O)C(O)C1O. The molecule has 12 nitrogen and oxygen atoms in total. The average Bonchev–Trinajstić information content (AvgIpc) is 3.10. The molecule has 0 aromatic rings. The van der Waals surface area contributed by atoms with E-state index in [0.29, 0.717) is 12.8 Å². The molecular formula is C39H72O12S. The van der Waals surface area contributed by atoms with E-state index in [2.05, 4.69) is 13.5 Å². The van der Waals surface area contributed by atoms with Crippen molar-refractivity contribution in [3.05, 3.63) is 12.7 Å². The summed E-state index contributed by atoms with van der Waals surface area (Å²) < 4.78 is 53.8. The molecule has 1 rings (SSSR count). The van der Waals surface area contributed by atoms with Crippen LogP contribution in [0.5, 0.6) is 0 Å². The van der Waals surface area contributed by atoms with E-state index in [1.165, 1.54) is 89.9 Å². The van der Waals surface area contributed by atoms with Gasteiger partial charge in [0.1, 0.15) is 36.8 Å². The molecule has 1 aliphatic rings. The zero-order chi connectivity index (χ0) is 38.5. The van der Waals surface area contributed by atoms with Crippen LogP contribution < -0.4 is 0 Å². The molecule has 0 spiro atoms. The van der Waals surface area contributed by atoms with Crippen molar-refractivity contribution in [2.45, 2.75) is 204 Å². The van der Waals surface area contributed by atoms with Crippen LogP contribution >= 0.6 is 0 Å². The summed E-state index contributed by atoms with van der Waals surface area (Å²) in [5, 5.41) is 30.7. The Labute approximate surface area is 314 Å². The Balaban J connectivity index is 2.47. The molecule has 0 aliphatic carbocycles. The Morgan fingerprint density at radius 3 is 1.62 bits per heavy atom. The zero-order valence-corrected chi connectivity index (χ0v) is 32.8. The number of ether oxygens (including phenoxy) is 4. The molecule has 1 heterocycles. The molecule has 4 N–H and O–H groups in total. The van der Waals surface area contributed by atoms with Crippen molar-refractivity contribution in [3.63, 3.8) is 0 Å². The molecule has 306 valence electrons. The predicted molar refractivity (Wildman–Crippen MR) is 201 cm³/mol. The molecular weight excluding hydrogens is 692 g/mol. The van der Waals surface area contributed by atoms with Crippen molar-refractivity contribution in [1.82, 2.24) is 0 Å². The van der Waals surface area contributed by atoms with Gasteiger partial charge in [0.25, 0.3) is 10.1 Å². The molecule has 13 heteroatoms. The van der Waals surface area contributed by atoms with Gasteiger partial charge in [-0.1, -0.05) is 135 Å². The first-order chi connectivity index (χ1) is 25.0. The Morgan fingerprint density at radius 2 is 1.13 bits per heavy atom. The zero-order valence-electron chi connectivity index (χ0n) is 32.0. The Bertz CT molecular complexity index is 1020. The lowest BCUT2D eigenvalue weighted by molar-refractivity contribution is -0.297. The van der Waals surface area contributed by atoms with Gasteiger partial charge in [0.15, 0.2) is 12.4 Å². The van der Waals surface area contributed by atoms with Crippen LogP contribution in [0, 0.1) is 0 Å². The standard InChI is InChI=1S/C39H72O12S/c1-3-5-7-9-11-13-14-15-16-17-18-20-22-24-26-28-35(41)50-32(29-48-34(40)27-25-23-21-19-12-10-8-6-4-2)30-49-39-38(44)37(43)36(42)33(51-39)31-52(45,46)47/h3,32-33,36-39,42-44H,1,4-31H2,2H3,(H,45,46,47)/t32-,33-,36-,37?,38?,39+/m1/s1. The third-order valence-electron chi connectivity index (χ3n) is 9.49. The highest BCUT2D eigenvalue weighted by molar-refractivity contribution is 7.85. The molecule has 2 unspecified atom stereocenters. The largest absolute Gasteiger partial charge is 0.462 e. The van der Waals surface area contributed by atoms with Gasteiger partial charge in [-0.3, -0.25) is 14.1 Å². The summed E-state index contributed by atoms with van der Waals surface area (Å²) in [4.78, 5) is 25.2. The topological polar surface area (TPSA) is 186 Å². The highest BCUT2D eigenvalue weighted by Gasteiger charge is 2.46. The summed E-state index contributed by atoms with van der Waals surface area (Å²) in [6.45, 7) is 5.24. The molecule has 0 aromatic carbocycles. The molecule has 6 atom stereocenters. The van der Waals surface area contributed by atoms with Crippen molar-refractivity contribution in [3.8, 4) is 0 Å². The minimum Gasteiger partial charge on any atom is -0.462 e. The van der Waals surface area contributed by atoms with E-state index < -0.39 is 71.2 Å². The summed E-state index contributed by atoms with van der Waals surface area (Å²) in [7, 11) is -4.59. The van der Waals surface area contributed by atoms with Crippen LogP contribution in [0.25, 0.3) is 0 Å². The van der Waals surface area contributed by atoms with Gasteiger partial charge < -0.3 is 34.3 Å². The van der Waals surface area contributed by atoms with E-state index in [1.54, 1.807) is 0 Å². The van der Waals surface area contributed by atoms with Crippen LogP contribution in [-0.2, 0) is 38.7 Å². The van der Waals surface area contributed by atoms with Gasteiger partial charge in [-0.2, -0.15) is 8.42 Å². The average molecular weight is 765 g/mol. The molecule has 0 aromatic heterocycles. The van der Waals surface area contributed by atoms with Crippen molar-refractivity contribution < 1.29 is 56.8 Å². The number of aliphatic hydroxyl groups is 3. The highest BCUT2D eigenvalue weighted by atomic mass is 32.2. The van der Waals surface area contributed by atoms with Gasteiger partial charge in [0.2, 0.25) is 0 Å². The second kappa shape index (κ2) is 30.7. The minimum atomic E-state index is -4.59. The second-order valence-electron chi connectivity index (χ2n) is 14.4. The summed E-state index contributed by atoms with van der Waals surface area (Å²) in [6, 6.07) is 0. The molecule has 1 fully saturated rings. The molecule has 0 saturated carbocycles. The van der Waals surface area contributed by atoms with E-state index in [0.717, 1.165) is 44.9 Å². The highest BCUT2D eigenvalue weighted by Crippen LogP contribution is 2.24. The minimum absolute atomic E-state index is 0.166. The normalized spacial score (nSPS) is 21.1. The summed E-state index contributed by atoms with van der Waals surface area (Å²) in [6.07, 6.45) is 18.8. The Hall–Kier alpha value is -1.61. The maximum absolute atomic E-state index is 12.7. The third-order valence-corrected chi connectivity index (χ3v) is 10.2. The molecule has 52 heavy (non-hydrogen) atoms. The molecule has 0 amide bonds. The van der Waals surface area contributed by atoms with Gasteiger partial charge >= 0.3 is 11.9 Å². The van der Waals surface area contributed by atoms with Crippen LogP contribution in [0.4, 0.5) is 0 Å². The first-order valence-corrected chi connectivity index (χ1v) is 21.8. The maximum Gasteiger partial charge on any atom is 0.306 e. The monoisotopic (exact) mass is 764 g/mol. The molecule has 0 bridgehead atoms. The van der Waals surface area contributed by atoms with Gasteiger partial charge in [0.05, 0.1) is 6.61 Å². The maximum atomic E-state index is 12.7. The van der Waals surface area contributed by atoms with E-state index in [9.17, 15) is 37.9 Å². The number of carbonyl (C=O) groups excluding carboxylic acids is 2. The molecule has 1 aliphatic heterocycles. The van der Waals surface area contributed by atoms with Gasteiger partial charge in [-0.25, -0.2) is 0 Å². The predicted octanol–water partition coefficient (Wildman–Crippen LogP) is 7.11. The van der Waals surface area contributed by atoms with E-state index in [-0.39, 0.29) is 19.4 Å². The lowest BCUT2D eigenvalue weighted by Crippen LogP contribution is -2.60.